The molecule has 0 amide bonds. The predicted molar refractivity (Wildman–Crippen MR) is 74.3 cm³/mol. The van der Waals surface area contributed by atoms with Crippen LogP contribution in [0.15, 0.2) is 12.1 Å². The van der Waals surface area contributed by atoms with E-state index in [1.54, 1.807) is 0 Å². The largest absolute Gasteiger partial charge is 0.314 e. The standard InChI is InChI=1S/C14H25NS/c1-5-6-11(2)10-15-12(3)9-14-8-7-13(4)16-14/h7-8,11-12,15H,5-6,9-10H2,1-4H3. The average molecular weight is 239 g/mol. The molecule has 0 aromatic carbocycles. The monoisotopic (exact) mass is 239 g/mol. The Bertz CT molecular complexity index is 293. The van der Waals surface area contributed by atoms with Crippen LogP contribution in [0, 0.1) is 12.8 Å². The lowest BCUT2D eigenvalue weighted by atomic mass is 10.1. The molecular formula is C14H25NS. The molecular weight excluding hydrogens is 214 g/mol. The Labute approximate surface area is 104 Å². The number of rotatable bonds is 7. The van der Waals surface area contributed by atoms with Crippen LogP contribution < -0.4 is 5.32 Å². The molecule has 16 heavy (non-hydrogen) atoms. The van der Waals surface area contributed by atoms with Gasteiger partial charge in [0.2, 0.25) is 0 Å². The van der Waals surface area contributed by atoms with Crippen LogP contribution in [0.3, 0.4) is 0 Å². The lowest BCUT2D eigenvalue weighted by Crippen LogP contribution is -2.31. The van der Waals surface area contributed by atoms with Gasteiger partial charge >= 0.3 is 0 Å². The van der Waals surface area contributed by atoms with E-state index in [0.717, 1.165) is 18.9 Å². The highest BCUT2D eigenvalue weighted by Crippen LogP contribution is 2.16. The predicted octanol–water partition coefficient (Wildman–Crippen LogP) is 4.01. The number of hydrogen-bond donors (Lipinski definition) is 1. The van der Waals surface area contributed by atoms with Crippen LogP contribution >= 0.6 is 11.3 Å². The highest BCUT2D eigenvalue weighted by Gasteiger charge is 2.07. The number of thiophene rings is 1. The first-order valence-electron chi connectivity index (χ1n) is 6.40. The highest BCUT2D eigenvalue weighted by molar-refractivity contribution is 7.11. The van der Waals surface area contributed by atoms with Crippen molar-refractivity contribution in [2.75, 3.05) is 6.54 Å². The molecule has 1 aromatic rings. The molecule has 0 aliphatic carbocycles. The van der Waals surface area contributed by atoms with Gasteiger partial charge in [0.15, 0.2) is 0 Å². The minimum absolute atomic E-state index is 0.595. The van der Waals surface area contributed by atoms with E-state index in [9.17, 15) is 0 Å². The van der Waals surface area contributed by atoms with E-state index in [4.69, 9.17) is 0 Å². The van der Waals surface area contributed by atoms with Gasteiger partial charge in [0.05, 0.1) is 0 Å². The van der Waals surface area contributed by atoms with Gasteiger partial charge in [-0.15, -0.1) is 11.3 Å². The molecule has 0 aliphatic rings. The molecule has 1 aromatic heterocycles. The highest BCUT2D eigenvalue weighted by atomic mass is 32.1. The van der Waals surface area contributed by atoms with Crippen molar-refractivity contribution in [3.8, 4) is 0 Å². The molecule has 0 fully saturated rings. The Morgan fingerprint density at radius 1 is 1.31 bits per heavy atom. The van der Waals surface area contributed by atoms with Gasteiger partial charge in [0.1, 0.15) is 0 Å². The number of hydrogen-bond acceptors (Lipinski definition) is 2. The van der Waals surface area contributed by atoms with Crippen LogP contribution in [0.5, 0.6) is 0 Å². The van der Waals surface area contributed by atoms with Crippen molar-refractivity contribution in [1.82, 2.24) is 5.32 Å². The Morgan fingerprint density at radius 2 is 2.06 bits per heavy atom. The molecule has 1 rings (SSSR count). The van der Waals surface area contributed by atoms with Crippen molar-refractivity contribution in [3.05, 3.63) is 21.9 Å². The minimum atomic E-state index is 0.595. The molecule has 0 saturated carbocycles. The number of nitrogens with one attached hydrogen (secondary N) is 1. The molecule has 2 unspecified atom stereocenters. The second-order valence-electron chi connectivity index (χ2n) is 4.92. The van der Waals surface area contributed by atoms with Crippen LogP contribution in [-0.4, -0.2) is 12.6 Å². The lowest BCUT2D eigenvalue weighted by molar-refractivity contribution is 0.437. The van der Waals surface area contributed by atoms with Crippen LogP contribution in [-0.2, 0) is 6.42 Å². The zero-order chi connectivity index (χ0) is 12.0. The summed E-state index contributed by atoms with van der Waals surface area (Å²) in [5.41, 5.74) is 0. The molecule has 2 atom stereocenters. The van der Waals surface area contributed by atoms with Crippen molar-refractivity contribution < 1.29 is 0 Å². The Hall–Kier alpha value is -0.340. The molecule has 1 heterocycles. The van der Waals surface area contributed by atoms with E-state index in [0.29, 0.717) is 6.04 Å². The van der Waals surface area contributed by atoms with Gasteiger partial charge in [-0.05, 0) is 51.3 Å². The average Bonchev–Trinajstić information content (AvgIpc) is 2.61. The second-order valence-corrected chi connectivity index (χ2v) is 6.29. The summed E-state index contributed by atoms with van der Waals surface area (Å²) in [7, 11) is 0. The Kier molecular flexibility index (Phi) is 6.07. The van der Waals surface area contributed by atoms with Crippen LogP contribution in [0.2, 0.25) is 0 Å². The SMILES string of the molecule is CCCC(C)CNC(C)Cc1ccc(C)s1. The van der Waals surface area contributed by atoms with E-state index in [2.05, 4.69) is 45.1 Å². The van der Waals surface area contributed by atoms with Crippen molar-refractivity contribution >= 4 is 11.3 Å². The summed E-state index contributed by atoms with van der Waals surface area (Å²) in [4.78, 5) is 2.92. The third-order valence-corrected chi connectivity index (χ3v) is 3.92. The van der Waals surface area contributed by atoms with Crippen LogP contribution in [0.1, 0.15) is 43.4 Å². The van der Waals surface area contributed by atoms with Crippen molar-refractivity contribution in [3.63, 3.8) is 0 Å². The summed E-state index contributed by atoms with van der Waals surface area (Å²) in [6.07, 6.45) is 3.79. The van der Waals surface area contributed by atoms with E-state index in [-0.39, 0.29) is 0 Å². The molecule has 0 aliphatic heterocycles. The maximum absolute atomic E-state index is 3.63. The molecule has 0 radical (unpaired) electrons. The molecule has 0 saturated heterocycles. The van der Waals surface area contributed by atoms with Crippen molar-refractivity contribution in [1.29, 1.82) is 0 Å². The summed E-state index contributed by atoms with van der Waals surface area (Å²) >= 11 is 1.92. The molecule has 1 nitrogen and oxygen atoms in total. The van der Waals surface area contributed by atoms with E-state index >= 15 is 0 Å². The fourth-order valence-corrected chi connectivity index (χ4v) is 2.99. The van der Waals surface area contributed by atoms with Gasteiger partial charge in [-0.25, -0.2) is 0 Å². The van der Waals surface area contributed by atoms with E-state index in [1.807, 2.05) is 11.3 Å². The first kappa shape index (κ1) is 13.7. The minimum Gasteiger partial charge on any atom is -0.314 e. The summed E-state index contributed by atoms with van der Waals surface area (Å²) < 4.78 is 0. The summed E-state index contributed by atoms with van der Waals surface area (Å²) in [5, 5.41) is 3.63. The lowest BCUT2D eigenvalue weighted by Gasteiger charge is -2.16. The van der Waals surface area contributed by atoms with Crippen molar-refractivity contribution in [2.24, 2.45) is 5.92 Å². The van der Waals surface area contributed by atoms with Crippen molar-refractivity contribution in [2.45, 2.75) is 53.0 Å². The second kappa shape index (κ2) is 7.08. The quantitative estimate of drug-likeness (QED) is 0.758. The van der Waals surface area contributed by atoms with E-state index in [1.165, 1.54) is 22.6 Å². The summed E-state index contributed by atoms with van der Waals surface area (Å²) in [6.45, 7) is 10.2. The first-order chi connectivity index (χ1) is 7.61. The molecule has 1 N–H and O–H groups in total. The van der Waals surface area contributed by atoms with Crippen LogP contribution in [0.25, 0.3) is 0 Å². The normalized spacial score (nSPS) is 15.0. The topological polar surface area (TPSA) is 12.0 Å². The third kappa shape index (κ3) is 5.13. The third-order valence-electron chi connectivity index (χ3n) is 2.90. The summed E-state index contributed by atoms with van der Waals surface area (Å²) in [6, 6.07) is 5.07. The van der Waals surface area contributed by atoms with Gasteiger partial charge in [0.25, 0.3) is 0 Å². The molecule has 2 heteroatoms. The van der Waals surface area contributed by atoms with Gasteiger partial charge in [-0.3, -0.25) is 0 Å². The fraction of sp³-hybridized carbons (Fsp3) is 0.714. The van der Waals surface area contributed by atoms with Gasteiger partial charge in [0, 0.05) is 15.8 Å². The maximum atomic E-state index is 3.63. The van der Waals surface area contributed by atoms with E-state index < -0.39 is 0 Å². The maximum Gasteiger partial charge on any atom is 0.00871 e. The van der Waals surface area contributed by atoms with Gasteiger partial charge in [-0.1, -0.05) is 20.3 Å². The van der Waals surface area contributed by atoms with Gasteiger partial charge in [-0.2, -0.15) is 0 Å². The zero-order valence-corrected chi connectivity index (χ0v) is 11.9. The first-order valence-corrected chi connectivity index (χ1v) is 7.22. The Morgan fingerprint density at radius 3 is 2.62 bits per heavy atom. The molecule has 0 bridgehead atoms. The molecule has 92 valence electrons. The smallest absolute Gasteiger partial charge is 0.00871 e. The Balaban J connectivity index is 2.23. The van der Waals surface area contributed by atoms with Crippen LogP contribution in [0.4, 0.5) is 0 Å². The molecule has 0 spiro atoms. The number of aryl methyl sites for hydroxylation is 1. The zero-order valence-electron chi connectivity index (χ0n) is 11.0. The van der Waals surface area contributed by atoms with Gasteiger partial charge < -0.3 is 5.32 Å². The summed E-state index contributed by atoms with van der Waals surface area (Å²) in [5.74, 6) is 0.803. The fourth-order valence-electron chi connectivity index (χ4n) is 1.97.